The maximum absolute atomic E-state index is 10.8. The standard InChI is InChI=1S/C6H6NO6S2/c7-4-2-1-3-5(14(8,9)10)6(4)15(11,12)13/h1-3,7H,(H,8,9,10)(H,11,12,13). The van der Waals surface area contributed by atoms with E-state index in [-0.39, 0.29) is 0 Å². The summed E-state index contributed by atoms with van der Waals surface area (Å²) in [4.78, 5) is -2.15. The van der Waals surface area contributed by atoms with Crippen molar-refractivity contribution in [3.63, 3.8) is 0 Å². The number of hydrogen-bond acceptors (Lipinski definition) is 4. The molecule has 7 nitrogen and oxygen atoms in total. The number of rotatable bonds is 2. The summed E-state index contributed by atoms with van der Waals surface area (Å²) in [7, 11) is -9.67. The average molecular weight is 252 g/mol. The van der Waals surface area contributed by atoms with Gasteiger partial charge in [0, 0.05) is 0 Å². The lowest BCUT2D eigenvalue weighted by Gasteiger charge is -2.05. The Morgan fingerprint density at radius 2 is 1.53 bits per heavy atom. The predicted molar refractivity (Wildman–Crippen MR) is 48.8 cm³/mol. The van der Waals surface area contributed by atoms with Gasteiger partial charge in [0.25, 0.3) is 20.2 Å². The van der Waals surface area contributed by atoms with Gasteiger partial charge in [-0.15, -0.1) is 0 Å². The van der Waals surface area contributed by atoms with Gasteiger partial charge >= 0.3 is 0 Å². The van der Waals surface area contributed by atoms with E-state index >= 15 is 0 Å². The molecule has 0 saturated heterocycles. The second-order valence-corrected chi connectivity index (χ2v) is 5.33. The molecule has 0 bridgehead atoms. The normalized spacial score (nSPS) is 12.7. The maximum Gasteiger partial charge on any atom is 0.298 e. The van der Waals surface area contributed by atoms with Gasteiger partial charge < -0.3 is 0 Å². The van der Waals surface area contributed by atoms with Crippen LogP contribution >= 0.6 is 0 Å². The first-order valence-electron chi connectivity index (χ1n) is 3.43. The van der Waals surface area contributed by atoms with Crippen molar-refractivity contribution < 1.29 is 25.9 Å². The molecular weight excluding hydrogens is 246 g/mol. The Balaban J connectivity index is 3.79. The predicted octanol–water partition coefficient (Wildman–Crippen LogP) is 0.0944. The summed E-state index contributed by atoms with van der Waals surface area (Å²) in [5.41, 5.74) is 6.42. The lowest BCUT2D eigenvalue weighted by molar-refractivity contribution is 0.467. The van der Waals surface area contributed by atoms with E-state index in [1.807, 2.05) is 0 Å². The van der Waals surface area contributed by atoms with E-state index in [0.29, 0.717) is 0 Å². The monoisotopic (exact) mass is 252 g/mol. The van der Waals surface area contributed by atoms with E-state index in [1.54, 1.807) is 0 Å². The van der Waals surface area contributed by atoms with Crippen molar-refractivity contribution in [3.8, 4) is 0 Å². The number of nitrogens with one attached hydrogen (secondary N) is 1. The molecule has 9 heteroatoms. The molecule has 0 spiro atoms. The minimum Gasteiger partial charge on any atom is -0.299 e. The SMILES string of the molecule is [NH]c1cccc(S(=O)(=O)O)c1S(=O)(=O)O. The highest BCUT2D eigenvalue weighted by atomic mass is 32.2. The maximum atomic E-state index is 10.8. The minimum absolute atomic E-state index is 0.715. The van der Waals surface area contributed by atoms with Gasteiger partial charge in [-0.3, -0.25) is 14.8 Å². The molecule has 0 aliphatic heterocycles. The zero-order chi connectivity index (χ0) is 11.9. The molecule has 0 fully saturated rings. The van der Waals surface area contributed by atoms with E-state index in [9.17, 15) is 16.8 Å². The first kappa shape index (κ1) is 11.9. The summed E-state index contributed by atoms with van der Waals surface area (Å²) in [5.74, 6) is 0. The fraction of sp³-hybridized carbons (Fsp3) is 0. The topological polar surface area (TPSA) is 133 Å². The van der Waals surface area contributed by atoms with E-state index in [4.69, 9.17) is 14.8 Å². The third-order valence-corrected chi connectivity index (χ3v) is 3.50. The molecule has 0 aromatic heterocycles. The third kappa shape index (κ3) is 2.45. The van der Waals surface area contributed by atoms with Gasteiger partial charge in [0.2, 0.25) is 0 Å². The van der Waals surface area contributed by atoms with Crippen LogP contribution in [0.2, 0.25) is 0 Å². The van der Waals surface area contributed by atoms with Gasteiger partial charge in [0.1, 0.15) is 9.79 Å². The average Bonchev–Trinajstić information content (AvgIpc) is 1.99. The zero-order valence-corrected chi connectivity index (χ0v) is 8.71. The molecule has 1 aromatic rings. The lowest BCUT2D eigenvalue weighted by Crippen LogP contribution is -2.09. The fourth-order valence-corrected chi connectivity index (χ4v) is 2.88. The highest BCUT2D eigenvalue weighted by Crippen LogP contribution is 2.27. The summed E-state index contributed by atoms with van der Waals surface area (Å²) < 4.78 is 60.4. The van der Waals surface area contributed by atoms with Crippen LogP contribution in [0.5, 0.6) is 0 Å². The Kier molecular flexibility index (Phi) is 2.74. The Labute approximate surface area is 86.0 Å². The second-order valence-electron chi connectivity index (χ2n) is 2.58. The quantitative estimate of drug-likeness (QED) is 0.717. The summed E-state index contributed by atoms with van der Waals surface area (Å²) in [6.45, 7) is 0. The molecule has 1 rings (SSSR count). The molecule has 0 unspecified atom stereocenters. The molecule has 0 atom stereocenters. The molecule has 3 N–H and O–H groups in total. The van der Waals surface area contributed by atoms with Crippen molar-refractivity contribution in [3.05, 3.63) is 18.2 Å². The van der Waals surface area contributed by atoms with Crippen LogP contribution in [-0.4, -0.2) is 25.9 Å². The van der Waals surface area contributed by atoms with Crippen LogP contribution in [0.15, 0.2) is 28.0 Å². The van der Waals surface area contributed by atoms with E-state index in [2.05, 4.69) is 0 Å². The molecule has 1 aromatic carbocycles. The largest absolute Gasteiger partial charge is 0.299 e. The number of benzene rings is 1. The van der Waals surface area contributed by atoms with Crippen LogP contribution in [0.25, 0.3) is 0 Å². The molecule has 0 amide bonds. The van der Waals surface area contributed by atoms with E-state index in [1.165, 1.54) is 0 Å². The van der Waals surface area contributed by atoms with Gasteiger partial charge in [-0.25, -0.2) is 0 Å². The highest BCUT2D eigenvalue weighted by Gasteiger charge is 2.26. The van der Waals surface area contributed by atoms with Crippen LogP contribution in [0.1, 0.15) is 0 Å². The summed E-state index contributed by atoms with van der Waals surface area (Å²) in [6.07, 6.45) is 0. The molecule has 0 saturated carbocycles. The Bertz CT molecular complexity index is 588. The van der Waals surface area contributed by atoms with E-state index < -0.39 is 35.7 Å². The zero-order valence-electron chi connectivity index (χ0n) is 7.08. The molecule has 1 radical (unpaired) electrons. The van der Waals surface area contributed by atoms with Gasteiger partial charge in [0.05, 0.1) is 5.69 Å². The van der Waals surface area contributed by atoms with Crippen molar-refractivity contribution in [2.24, 2.45) is 0 Å². The second kappa shape index (κ2) is 3.45. The molecule has 0 heterocycles. The Morgan fingerprint density at radius 1 is 1.00 bits per heavy atom. The summed E-state index contributed by atoms with van der Waals surface area (Å²) >= 11 is 0. The van der Waals surface area contributed by atoms with Gasteiger partial charge in [-0.2, -0.15) is 16.8 Å². The third-order valence-electron chi connectivity index (χ3n) is 1.51. The Morgan fingerprint density at radius 3 is 1.87 bits per heavy atom. The fourth-order valence-electron chi connectivity index (χ4n) is 0.985. The van der Waals surface area contributed by atoms with Crippen LogP contribution in [-0.2, 0) is 20.2 Å². The Hall–Kier alpha value is -1.16. The summed E-state index contributed by atoms with van der Waals surface area (Å²) in [6, 6.07) is 2.81. The highest BCUT2D eigenvalue weighted by molar-refractivity contribution is 7.89. The van der Waals surface area contributed by atoms with Crippen LogP contribution < -0.4 is 5.73 Å². The van der Waals surface area contributed by atoms with Crippen molar-refractivity contribution >= 4 is 25.9 Å². The molecule has 0 aliphatic carbocycles. The molecule has 15 heavy (non-hydrogen) atoms. The van der Waals surface area contributed by atoms with Crippen LogP contribution in [0.4, 0.5) is 5.69 Å². The smallest absolute Gasteiger partial charge is 0.298 e. The van der Waals surface area contributed by atoms with Gasteiger partial charge in [0.15, 0.2) is 0 Å². The van der Waals surface area contributed by atoms with Gasteiger partial charge in [-0.05, 0) is 12.1 Å². The molecular formula is C6H6NO6S2. The molecule has 0 aliphatic rings. The summed E-state index contributed by atoms with van der Waals surface area (Å²) in [5, 5.41) is 0. The van der Waals surface area contributed by atoms with Crippen LogP contribution in [0.3, 0.4) is 0 Å². The van der Waals surface area contributed by atoms with Crippen molar-refractivity contribution in [2.45, 2.75) is 9.79 Å². The first-order valence-corrected chi connectivity index (χ1v) is 6.31. The first-order chi connectivity index (χ1) is 6.64. The van der Waals surface area contributed by atoms with Crippen LogP contribution in [0, 0.1) is 0 Å². The van der Waals surface area contributed by atoms with Gasteiger partial charge in [-0.1, -0.05) is 6.07 Å². The lowest BCUT2D eigenvalue weighted by atomic mass is 10.3. The minimum atomic E-state index is -4.87. The van der Waals surface area contributed by atoms with Crippen molar-refractivity contribution in [1.82, 2.24) is 5.73 Å². The van der Waals surface area contributed by atoms with Crippen molar-refractivity contribution in [2.75, 3.05) is 0 Å². The number of hydrogen-bond donors (Lipinski definition) is 2. The van der Waals surface area contributed by atoms with Crippen molar-refractivity contribution in [1.29, 1.82) is 0 Å². The van der Waals surface area contributed by atoms with E-state index in [0.717, 1.165) is 18.2 Å². The molecule has 83 valence electrons.